The van der Waals surface area contributed by atoms with Gasteiger partial charge in [-0.05, 0) is 13.3 Å². The zero-order valence-electron chi connectivity index (χ0n) is 10.9. The molecular formula is C13H18N4S. The van der Waals surface area contributed by atoms with Gasteiger partial charge in [0, 0.05) is 30.5 Å². The molecule has 0 unspecified atom stereocenters. The third kappa shape index (κ3) is 1.97. The van der Waals surface area contributed by atoms with Gasteiger partial charge in [0.1, 0.15) is 0 Å². The van der Waals surface area contributed by atoms with E-state index in [1.807, 2.05) is 6.92 Å². The van der Waals surface area contributed by atoms with Crippen molar-refractivity contribution in [3.8, 4) is 5.13 Å². The van der Waals surface area contributed by atoms with E-state index in [-0.39, 0.29) is 0 Å². The van der Waals surface area contributed by atoms with E-state index >= 15 is 0 Å². The lowest BCUT2D eigenvalue weighted by Gasteiger charge is -2.14. The van der Waals surface area contributed by atoms with Gasteiger partial charge >= 0.3 is 0 Å². The van der Waals surface area contributed by atoms with Gasteiger partial charge in [0.15, 0.2) is 0 Å². The molecule has 0 aromatic carbocycles. The first-order valence-corrected chi connectivity index (χ1v) is 7.40. The highest BCUT2D eigenvalue weighted by molar-refractivity contribution is 7.12. The first kappa shape index (κ1) is 11.9. The number of hydrogen-bond acceptors (Lipinski definition) is 4. The van der Waals surface area contributed by atoms with Crippen LogP contribution in [-0.2, 0) is 19.4 Å². The Morgan fingerprint density at radius 1 is 1.50 bits per heavy atom. The van der Waals surface area contributed by atoms with Gasteiger partial charge in [-0.1, -0.05) is 13.3 Å². The van der Waals surface area contributed by atoms with Crippen LogP contribution in [0.1, 0.15) is 36.0 Å². The normalized spacial score (nSPS) is 14.8. The summed E-state index contributed by atoms with van der Waals surface area (Å²) in [6.45, 7) is 6.23. The lowest BCUT2D eigenvalue weighted by atomic mass is 10.0. The van der Waals surface area contributed by atoms with Crippen LogP contribution in [0.5, 0.6) is 0 Å². The maximum atomic E-state index is 4.79. The summed E-state index contributed by atoms with van der Waals surface area (Å²) in [5.41, 5.74) is 5.07. The van der Waals surface area contributed by atoms with Crippen LogP contribution >= 0.6 is 11.3 Å². The van der Waals surface area contributed by atoms with Crippen molar-refractivity contribution < 1.29 is 0 Å². The molecule has 0 radical (unpaired) electrons. The maximum absolute atomic E-state index is 4.79. The van der Waals surface area contributed by atoms with Gasteiger partial charge in [-0.25, -0.2) is 9.67 Å². The lowest BCUT2D eigenvalue weighted by Crippen LogP contribution is -2.25. The number of nitrogens with one attached hydrogen (secondary N) is 1. The van der Waals surface area contributed by atoms with Crippen molar-refractivity contribution >= 4 is 11.3 Å². The van der Waals surface area contributed by atoms with E-state index in [2.05, 4.69) is 27.3 Å². The number of hydrogen-bond donors (Lipinski definition) is 1. The van der Waals surface area contributed by atoms with E-state index < -0.39 is 0 Å². The first-order valence-electron chi connectivity index (χ1n) is 6.52. The third-order valence-corrected chi connectivity index (χ3v) is 4.22. The number of fused-ring (bicyclic) bond motifs is 1. The highest BCUT2D eigenvalue weighted by atomic mass is 32.1. The number of rotatable bonds is 3. The van der Waals surface area contributed by atoms with E-state index in [0.29, 0.717) is 0 Å². The van der Waals surface area contributed by atoms with Crippen molar-refractivity contribution in [2.24, 2.45) is 0 Å². The molecule has 18 heavy (non-hydrogen) atoms. The Hall–Kier alpha value is -1.20. The number of aromatic nitrogens is 3. The highest BCUT2D eigenvalue weighted by Gasteiger charge is 2.21. The van der Waals surface area contributed by atoms with Crippen LogP contribution < -0.4 is 5.32 Å². The topological polar surface area (TPSA) is 42.7 Å². The fourth-order valence-corrected chi connectivity index (χ4v) is 3.23. The highest BCUT2D eigenvalue weighted by Crippen LogP contribution is 2.24. The molecule has 0 saturated heterocycles. The minimum Gasteiger partial charge on any atom is -0.312 e. The van der Waals surface area contributed by atoms with E-state index in [0.717, 1.165) is 43.2 Å². The fourth-order valence-electron chi connectivity index (χ4n) is 2.45. The average molecular weight is 262 g/mol. The van der Waals surface area contributed by atoms with Crippen LogP contribution in [0.3, 0.4) is 0 Å². The molecule has 96 valence electrons. The Labute approximate surface area is 111 Å². The van der Waals surface area contributed by atoms with Crippen LogP contribution in [0, 0.1) is 6.92 Å². The largest absolute Gasteiger partial charge is 0.312 e. The molecule has 0 saturated carbocycles. The molecule has 2 aromatic heterocycles. The molecule has 0 bridgehead atoms. The van der Waals surface area contributed by atoms with Gasteiger partial charge in [-0.3, -0.25) is 0 Å². The second-order valence-electron chi connectivity index (χ2n) is 4.73. The second-order valence-corrected chi connectivity index (χ2v) is 5.57. The van der Waals surface area contributed by atoms with Crippen molar-refractivity contribution in [2.45, 2.75) is 39.7 Å². The Bertz CT molecular complexity index is 555. The summed E-state index contributed by atoms with van der Waals surface area (Å²) in [5, 5.41) is 11.3. The molecule has 3 rings (SSSR count). The summed E-state index contributed by atoms with van der Waals surface area (Å²) >= 11 is 1.68. The molecule has 5 heteroatoms. The van der Waals surface area contributed by atoms with Crippen molar-refractivity contribution in [3.63, 3.8) is 0 Å². The zero-order chi connectivity index (χ0) is 12.5. The van der Waals surface area contributed by atoms with Gasteiger partial charge in [-0.2, -0.15) is 5.10 Å². The molecule has 1 aliphatic heterocycles. The van der Waals surface area contributed by atoms with Crippen LogP contribution in [0.2, 0.25) is 0 Å². The van der Waals surface area contributed by atoms with Crippen molar-refractivity contribution in [2.75, 3.05) is 6.54 Å². The molecule has 0 spiro atoms. The van der Waals surface area contributed by atoms with Crippen molar-refractivity contribution in [1.29, 1.82) is 0 Å². The summed E-state index contributed by atoms with van der Waals surface area (Å²) in [6.07, 6.45) is 3.24. The molecule has 1 N–H and O–H groups in total. The molecule has 3 heterocycles. The minimum atomic E-state index is 0.953. The maximum Gasteiger partial charge on any atom is 0.210 e. The van der Waals surface area contributed by atoms with Gasteiger partial charge in [0.2, 0.25) is 5.13 Å². The van der Waals surface area contributed by atoms with Gasteiger partial charge < -0.3 is 5.32 Å². The van der Waals surface area contributed by atoms with Crippen LogP contribution in [-0.4, -0.2) is 21.3 Å². The van der Waals surface area contributed by atoms with Crippen molar-refractivity contribution in [3.05, 3.63) is 28.0 Å². The van der Waals surface area contributed by atoms with Crippen LogP contribution in [0.4, 0.5) is 0 Å². The Kier molecular flexibility index (Phi) is 3.18. The predicted octanol–water partition coefficient (Wildman–Crippen LogP) is 2.24. The summed E-state index contributed by atoms with van der Waals surface area (Å²) < 4.78 is 2.07. The van der Waals surface area contributed by atoms with E-state index in [1.54, 1.807) is 11.3 Å². The zero-order valence-corrected chi connectivity index (χ0v) is 11.7. The summed E-state index contributed by atoms with van der Waals surface area (Å²) in [4.78, 5) is 4.56. The lowest BCUT2D eigenvalue weighted by molar-refractivity contribution is 0.621. The second kappa shape index (κ2) is 4.82. The minimum absolute atomic E-state index is 0.953. The quantitative estimate of drug-likeness (QED) is 0.922. The monoisotopic (exact) mass is 262 g/mol. The SMILES string of the molecule is CCCc1nn(-c2nc(C)cs2)c2c1CNCC2. The molecule has 1 aliphatic rings. The van der Waals surface area contributed by atoms with Crippen molar-refractivity contribution in [1.82, 2.24) is 20.1 Å². The van der Waals surface area contributed by atoms with E-state index in [4.69, 9.17) is 5.10 Å². The molecule has 0 amide bonds. The fraction of sp³-hybridized carbons (Fsp3) is 0.538. The Balaban J connectivity index is 2.08. The molecule has 4 nitrogen and oxygen atoms in total. The van der Waals surface area contributed by atoms with E-state index in [1.165, 1.54) is 17.0 Å². The van der Waals surface area contributed by atoms with Crippen LogP contribution in [0.25, 0.3) is 5.13 Å². The number of thiazole rings is 1. The van der Waals surface area contributed by atoms with Crippen LogP contribution in [0.15, 0.2) is 5.38 Å². The predicted molar refractivity (Wildman–Crippen MR) is 73.4 cm³/mol. The Morgan fingerprint density at radius 3 is 3.11 bits per heavy atom. The standard InChI is InChI=1S/C13H18N4S/c1-3-4-11-10-7-14-6-5-12(10)17(16-11)13-15-9(2)8-18-13/h8,14H,3-7H2,1-2H3. The molecule has 2 aromatic rings. The summed E-state index contributed by atoms with van der Waals surface area (Å²) in [7, 11) is 0. The smallest absolute Gasteiger partial charge is 0.210 e. The first-order chi connectivity index (χ1) is 8.79. The van der Waals surface area contributed by atoms with Gasteiger partial charge in [0.25, 0.3) is 0 Å². The Morgan fingerprint density at radius 2 is 2.39 bits per heavy atom. The van der Waals surface area contributed by atoms with E-state index in [9.17, 15) is 0 Å². The molecular weight excluding hydrogens is 244 g/mol. The summed E-state index contributed by atoms with van der Waals surface area (Å²) in [5.74, 6) is 0. The molecule has 0 fully saturated rings. The van der Waals surface area contributed by atoms with Gasteiger partial charge in [0.05, 0.1) is 17.1 Å². The van der Waals surface area contributed by atoms with Gasteiger partial charge in [-0.15, -0.1) is 11.3 Å². The molecule has 0 atom stereocenters. The number of aryl methyl sites for hydroxylation is 2. The molecule has 0 aliphatic carbocycles. The number of nitrogens with zero attached hydrogens (tertiary/aromatic N) is 3. The summed E-state index contributed by atoms with van der Waals surface area (Å²) in [6, 6.07) is 0. The third-order valence-electron chi connectivity index (χ3n) is 3.29. The average Bonchev–Trinajstić information content (AvgIpc) is 2.95.